The van der Waals surface area contributed by atoms with E-state index in [1.807, 2.05) is 13.8 Å². The second-order valence-corrected chi connectivity index (χ2v) is 4.33. The van der Waals surface area contributed by atoms with Crippen LogP contribution in [-0.4, -0.2) is 21.8 Å². The normalized spacial score (nSPS) is 21.1. The van der Waals surface area contributed by atoms with Crippen molar-refractivity contribution in [3.63, 3.8) is 0 Å². The van der Waals surface area contributed by atoms with E-state index in [4.69, 9.17) is 0 Å². The largest absolute Gasteiger partial charge is 0.481 e. The first-order chi connectivity index (χ1) is 6.52. The van der Waals surface area contributed by atoms with Crippen LogP contribution >= 0.6 is 0 Å². The van der Waals surface area contributed by atoms with Gasteiger partial charge in [-0.2, -0.15) is 0 Å². The molecule has 1 saturated carbocycles. The maximum absolute atomic E-state index is 11.3. The van der Waals surface area contributed by atoms with Gasteiger partial charge in [0.1, 0.15) is 0 Å². The maximum Gasteiger partial charge on any atom is 0.312 e. The first kappa shape index (κ1) is 11.5. The summed E-state index contributed by atoms with van der Waals surface area (Å²) in [5.41, 5.74) is -1.90. The van der Waals surface area contributed by atoms with E-state index in [1.54, 1.807) is 0 Å². The van der Waals surface area contributed by atoms with Gasteiger partial charge in [-0.05, 0) is 25.7 Å². The highest BCUT2D eigenvalue weighted by atomic mass is 16.4. The van der Waals surface area contributed by atoms with E-state index in [2.05, 4.69) is 0 Å². The maximum atomic E-state index is 11.3. The molecular formula is C11H20O3. The highest BCUT2D eigenvalue weighted by molar-refractivity contribution is 5.76. The van der Waals surface area contributed by atoms with E-state index >= 15 is 0 Å². The van der Waals surface area contributed by atoms with Gasteiger partial charge in [0.15, 0.2) is 0 Å². The van der Waals surface area contributed by atoms with E-state index in [9.17, 15) is 15.0 Å². The van der Waals surface area contributed by atoms with Crippen LogP contribution in [0, 0.1) is 5.41 Å². The Kier molecular flexibility index (Phi) is 3.20. The fourth-order valence-electron chi connectivity index (χ4n) is 2.78. The van der Waals surface area contributed by atoms with E-state index in [0.717, 1.165) is 12.8 Å². The molecule has 0 amide bonds. The van der Waals surface area contributed by atoms with Gasteiger partial charge in [-0.1, -0.05) is 26.7 Å². The molecule has 3 nitrogen and oxygen atoms in total. The second-order valence-electron chi connectivity index (χ2n) is 4.33. The van der Waals surface area contributed by atoms with Crippen LogP contribution in [0.2, 0.25) is 0 Å². The topological polar surface area (TPSA) is 57.5 Å². The number of aliphatic hydroxyl groups is 1. The summed E-state index contributed by atoms with van der Waals surface area (Å²) in [5, 5.41) is 19.7. The number of rotatable bonds is 4. The Morgan fingerprint density at radius 1 is 1.29 bits per heavy atom. The molecule has 1 aliphatic carbocycles. The molecule has 14 heavy (non-hydrogen) atoms. The molecule has 0 spiro atoms. The third-order valence-corrected chi connectivity index (χ3v) is 3.93. The van der Waals surface area contributed by atoms with Crippen molar-refractivity contribution in [3.05, 3.63) is 0 Å². The molecule has 3 heteroatoms. The Morgan fingerprint density at radius 3 is 2.00 bits per heavy atom. The van der Waals surface area contributed by atoms with Crippen LogP contribution in [0.5, 0.6) is 0 Å². The third-order valence-electron chi connectivity index (χ3n) is 3.93. The van der Waals surface area contributed by atoms with Crippen LogP contribution in [-0.2, 0) is 4.79 Å². The fourth-order valence-corrected chi connectivity index (χ4v) is 2.78. The molecule has 2 N–H and O–H groups in total. The molecule has 1 aliphatic rings. The van der Waals surface area contributed by atoms with E-state index < -0.39 is 17.0 Å². The lowest BCUT2D eigenvalue weighted by Crippen LogP contribution is -2.51. The van der Waals surface area contributed by atoms with Gasteiger partial charge in [0.2, 0.25) is 0 Å². The van der Waals surface area contributed by atoms with E-state index in [-0.39, 0.29) is 0 Å². The number of carboxylic acid groups (broad SMARTS) is 1. The van der Waals surface area contributed by atoms with Crippen LogP contribution in [0.25, 0.3) is 0 Å². The molecule has 82 valence electrons. The van der Waals surface area contributed by atoms with E-state index in [0.29, 0.717) is 25.7 Å². The van der Waals surface area contributed by atoms with Gasteiger partial charge in [-0.15, -0.1) is 0 Å². The zero-order valence-corrected chi connectivity index (χ0v) is 9.05. The molecule has 0 unspecified atom stereocenters. The number of carboxylic acids is 1. The van der Waals surface area contributed by atoms with Crippen molar-refractivity contribution < 1.29 is 15.0 Å². The van der Waals surface area contributed by atoms with Gasteiger partial charge in [0.05, 0.1) is 11.0 Å². The summed E-state index contributed by atoms with van der Waals surface area (Å²) < 4.78 is 0. The number of aliphatic carboxylic acids is 1. The molecule has 1 fully saturated rings. The molecule has 0 aliphatic heterocycles. The zero-order valence-electron chi connectivity index (χ0n) is 9.05. The van der Waals surface area contributed by atoms with Crippen LogP contribution in [0.3, 0.4) is 0 Å². The number of hydrogen-bond acceptors (Lipinski definition) is 2. The van der Waals surface area contributed by atoms with Crippen molar-refractivity contribution in [1.82, 2.24) is 0 Å². The highest BCUT2D eigenvalue weighted by Crippen LogP contribution is 2.49. The molecule has 0 bridgehead atoms. The van der Waals surface area contributed by atoms with Crippen LogP contribution < -0.4 is 0 Å². The Bertz CT molecular complexity index is 213. The van der Waals surface area contributed by atoms with Crippen LogP contribution in [0.4, 0.5) is 0 Å². The van der Waals surface area contributed by atoms with Crippen LogP contribution in [0.1, 0.15) is 52.4 Å². The summed E-state index contributed by atoms with van der Waals surface area (Å²) >= 11 is 0. The van der Waals surface area contributed by atoms with Crippen molar-refractivity contribution in [2.75, 3.05) is 0 Å². The third kappa shape index (κ3) is 1.44. The lowest BCUT2D eigenvalue weighted by molar-refractivity contribution is -0.170. The van der Waals surface area contributed by atoms with Gasteiger partial charge in [0.25, 0.3) is 0 Å². The lowest BCUT2D eigenvalue weighted by Gasteiger charge is -2.41. The first-order valence-corrected chi connectivity index (χ1v) is 5.48. The lowest BCUT2D eigenvalue weighted by atomic mass is 9.67. The Labute approximate surface area is 85.1 Å². The first-order valence-electron chi connectivity index (χ1n) is 5.48. The van der Waals surface area contributed by atoms with Crippen molar-refractivity contribution in [1.29, 1.82) is 0 Å². The number of hydrogen-bond donors (Lipinski definition) is 2. The molecule has 0 aromatic carbocycles. The molecule has 1 rings (SSSR count). The monoisotopic (exact) mass is 200 g/mol. The standard InChI is InChI=1S/C11H20O3/c1-3-11(14,4-2)10(9(12)13)7-5-6-8-10/h14H,3-8H2,1-2H3,(H,12,13). The minimum Gasteiger partial charge on any atom is -0.481 e. The summed E-state index contributed by atoms with van der Waals surface area (Å²) in [6.45, 7) is 3.74. The SMILES string of the molecule is CCC(O)(CC)C1(C(=O)O)CCCC1. The fraction of sp³-hybridized carbons (Fsp3) is 0.909. The summed E-state index contributed by atoms with van der Waals surface area (Å²) in [6, 6.07) is 0. The smallest absolute Gasteiger partial charge is 0.312 e. The summed E-state index contributed by atoms with van der Waals surface area (Å²) in [4.78, 5) is 11.3. The van der Waals surface area contributed by atoms with Crippen LogP contribution in [0.15, 0.2) is 0 Å². The average molecular weight is 200 g/mol. The predicted octanol–water partition coefficient (Wildman–Crippen LogP) is 2.18. The van der Waals surface area contributed by atoms with Gasteiger partial charge in [-0.3, -0.25) is 4.79 Å². The quantitative estimate of drug-likeness (QED) is 0.731. The Balaban J connectivity index is 3.03. The highest BCUT2D eigenvalue weighted by Gasteiger charge is 2.55. The van der Waals surface area contributed by atoms with Crippen molar-refractivity contribution in [2.45, 2.75) is 58.0 Å². The van der Waals surface area contributed by atoms with Crippen molar-refractivity contribution >= 4 is 5.97 Å². The molecule has 0 aromatic heterocycles. The van der Waals surface area contributed by atoms with Crippen molar-refractivity contribution in [3.8, 4) is 0 Å². The summed E-state index contributed by atoms with van der Waals surface area (Å²) in [7, 11) is 0. The Morgan fingerprint density at radius 2 is 1.71 bits per heavy atom. The molecular weight excluding hydrogens is 180 g/mol. The molecule has 0 atom stereocenters. The molecule has 0 heterocycles. The van der Waals surface area contributed by atoms with E-state index in [1.165, 1.54) is 0 Å². The second kappa shape index (κ2) is 3.89. The average Bonchev–Trinajstić information content (AvgIpc) is 2.66. The predicted molar refractivity (Wildman–Crippen MR) is 54.1 cm³/mol. The minimum absolute atomic E-state index is 0.524. The molecule has 0 aromatic rings. The minimum atomic E-state index is -1.02. The van der Waals surface area contributed by atoms with Gasteiger partial charge in [-0.25, -0.2) is 0 Å². The molecule has 0 radical (unpaired) electrons. The zero-order chi connectivity index (χ0) is 10.8. The van der Waals surface area contributed by atoms with Crippen molar-refractivity contribution in [2.24, 2.45) is 5.41 Å². The summed E-state index contributed by atoms with van der Waals surface area (Å²) in [5.74, 6) is -0.818. The summed E-state index contributed by atoms with van der Waals surface area (Å²) in [6.07, 6.45) is 4.15. The molecule has 0 saturated heterocycles. The van der Waals surface area contributed by atoms with Gasteiger partial charge < -0.3 is 10.2 Å². The number of carbonyl (C=O) groups is 1. The Hall–Kier alpha value is -0.570. The van der Waals surface area contributed by atoms with Gasteiger partial charge >= 0.3 is 5.97 Å². The van der Waals surface area contributed by atoms with Gasteiger partial charge in [0, 0.05) is 0 Å².